The van der Waals surface area contributed by atoms with Gasteiger partial charge in [0.1, 0.15) is 11.5 Å². The van der Waals surface area contributed by atoms with Crippen LogP contribution in [-0.4, -0.2) is 39.1 Å². The van der Waals surface area contributed by atoms with E-state index in [0.717, 1.165) is 5.56 Å². The maximum Gasteiger partial charge on any atom is 0.239 e. The minimum atomic E-state index is -0.376. The van der Waals surface area contributed by atoms with Gasteiger partial charge in [-0.25, -0.2) is 0 Å². The Bertz CT molecular complexity index is 482. The lowest BCUT2D eigenvalue weighted by atomic mass is 10.2. The number of halogens is 1. The molecular weight excluding hydrogens is 298 g/mol. The summed E-state index contributed by atoms with van der Waals surface area (Å²) in [6.07, 6.45) is 0. The van der Waals surface area contributed by atoms with Crippen molar-refractivity contribution in [2.75, 3.05) is 27.3 Å². The highest BCUT2D eigenvalue weighted by Gasteiger charge is 2.08. The summed E-state index contributed by atoms with van der Waals surface area (Å²) >= 11 is 0. The molecule has 0 heterocycles. The fourth-order valence-electron chi connectivity index (χ4n) is 1.53. The van der Waals surface area contributed by atoms with E-state index in [4.69, 9.17) is 15.2 Å². The van der Waals surface area contributed by atoms with Crippen molar-refractivity contribution in [2.45, 2.75) is 6.54 Å². The first-order valence-corrected chi connectivity index (χ1v) is 6.05. The van der Waals surface area contributed by atoms with E-state index in [0.29, 0.717) is 11.5 Å². The Kier molecular flexibility index (Phi) is 8.91. The number of ether oxygens (including phenoxy) is 2. The number of benzene rings is 1. The lowest BCUT2D eigenvalue weighted by Gasteiger charge is -2.11. The predicted molar refractivity (Wildman–Crippen MR) is 80.7 cm³/mol. The molecule has 0 bridgehead atoms. The Morgan fingerprint density at radius 2 is 1.86 bits per heavy atom. The third-order valence-corrected chi connectivity index (χ3v) is 2.60. The zero-order valence-corrected chi connectivity index (χ0v) is 12.8. The molecule has 0 aromatic heterocycles. The first-order chi connectivity index (χ1) is 9.60. The van der Waals surface area contributed by atoms with E-state index in [-0.39, 0.29) is 43.9 Å². The number of carbonyl (C=O) groups excluding carboxylic acids is 2. The fraction of sp³-hybridized carbons (Fsp3) is 0.385. The van der Waals surface area contributed by atoms with E-state index in [2.05, 4.69) is 10.6 Å². The van der Waals surface area contributed by atoms with Crippen molar-refractivity contribution < 1.29 is 19.1 Å². The summed E-state index contributed by atoms with van der Waals surface area (Å²) in [6, 6.07) is 5.31. The summed E-state index contributed by atoms with van der Waals surface area (Å²) in [5.74, 6) is 0.638. The van der Waals surface area contributed by atoms with Crippen molar-refractivity contribution in [1.82, 2.24) is 10.6 Å². The molecule has 0 aliphatic heterocycles. The summed E-state index contributed by atoms with van der Waals surface area (Å²) in [4.78, 5) is 22.5. The maximum absolute atomic E-state index is 11.6. The lowest BCUT2D eigenvalue weighted by molar-refractivity contribution is -0.125. The standard InChI is InChI=1S/C13H19N3O4.ClH/c1-19-10-3-4-11(20-2)9(5-10)7-15-13(18)8-16-12(17)6-14;/h3-5H,6-8,14H2,1-2H3,(H,15,18)(H,16,17);1H. The summed E-state index contributed by atoms with van der Waals surface area (Å²) in [5, 5.41) is 5.06. The van der Waals surface area contributed by atoms with Gasteiger partial charge >= 0.3 is 0 Å². The molecule has 0 unspecified atom stereocenters. The lowest BCUT2D eigenvalue weighted by Crippen LogP contribution is -2.39. The Labute approximate surface area is 129 Å². The molecule has 8 heteroatoms. The molecule has 2 amide bonds. The Morgan fingerprint density at radius 3 is 2.43 bits per heavy atom. The van der Waals surface area contributed by atoms with Gasteiger partial charge in [0.2, 0.25) is 11.8 Å². The van der Waals surface area contributed by atoms with Gasteiger partial charge in [-0.3, -0.25) is 9.59 Å². The van der Waals surface area contributed by atoms with Gasteiger partial charge < -0.3 is 25.8 Å². The maximum atomic E-state index is 11.6. The molecule has 0 aliphatic carbocycles. The Balaban J connectivity index is 0.00000400. The second-order valence-electron chi connectivity index (χ2n) is 3.94. The van der Waals surface area contributed by atoms with Crippen LogP contribution < -0.4 is 25.8 Å². The Hall–Kier alpha value is -1.99. The molecule has 1 rings (SSSR count). The summed E-state index contributed by atoms with van der Waals surface area (Å²) < 4.78 is 10.3. The largest absolute Gasteiger partial charge is 0.497 e. The van der Waals surface area contributed by atoms with Crippen LogP contribution in [0, 0.1) is 0 Å². The van der Waals surface area contributed by atoms with Gasteiger partial charge in [-0.05, 0) is 18.2 Å². The van der Waals surface area contributed by atoms with Crippen LogP contribution in [0.1, 0.15) is 5.56 Å². The third-order valence-electron chi connectivity index (χ3n) is 2.60. The number of carbonyl (C=O) groups is 2. The minimum absolute atomic E-state index is 0. The summed E-state index contributed by atoms with van der Waals surface area (Å²) in [5.41, 5.74) is 5.90. The van der Waals surface area contributed by atoms with Crippen LogP contribution in [0.4, 0.5) is 0 Å². The molecular formula is C13H20ClN3O4. The monoisotopic (exact) mass is 317 g/mol. The second-order valence-corrected chi connectivity index (χ2v) is 3.94. The number of nitrogens with one attached hydrogen (secondary N) is 2. The first-order valence-electron chi connectivity index (χ1n) is 6.05. The van der Waals surface area contributed by atoms with Crippen LogP contribution in [0.2, 0.25) is 0 Å². The van der Waals surface area contributed by atoms with Crippen LogP contribution >= 0.6 is 12.4 Å². The van der Waals surface area contributed by atoms with Crippen LogP contribution in [0.15, 0.2) is 18.2 Å². The molecule has 0 atom stereocenters. The van der Waals surface area contributed by atoms with Crippen LogP contribution in [0.3, 0.4) is 0 Å². The van der Waals surface area contributed by atoms with Gasteiger partial charge in [-0.2, -0.15) is 0 Å². The average molecular weight is 318 g/mol. The van der Waals surface area contributed by atoms with Crippen molar-refractivity contribution >= 4 is 24.2 Å². The summed E-state index contributed by atoms with van der Waals surface area (Å²) in [7, 11) is 3.11. The third kappa shape index (κ3) is 6.33. The van der Waals surface area contributed by atoms with E-state index < -0.39 is 0 Å². The number of hydrogen-bond donors (Lipinski definition) is 3. The molecule has 0 aliphatic rings. The van der Waals surface area contributed by atoms with Crippen molar-refractivity contribution in [3.8, 4) is 11.5 Å². The van der Waals surface area contributed by atoms with Crippen molar-refractivity contribution in [2.24, 2.45) is 5.73 Å². The normalized spacial score (nSPS) is 9.29. The molecule has 0 saturated heterocycles. The molecule has 1 aromatic rings. The molecule has 118 valence electrons. The van der Waals surface area contributed by atoms with E-state index in [1.54, 1.807) is 32.4 Å². The number of amides is 2. The van der Waals surface area contributed by atoms with Gasteiger partial charge in [0, 0.05) is 12.1 Å². The van der Waals surface area contributed by atoms with Gasteiger partial charge in [-0.1, -0.05) is 0 Å². The first kappa shape index (κ1) is 19.0. The van der Waals surface area contributed by atoms with Crippen molar-refractivity contribution in [3.05, 3.63) is 23.8 Å². The van der Waals surface area contributed by atoms with Gasteiger partial charge in [0.05, 0.1) is 27.3 Å². The zero-order chi connectivity index (χ0) is 15.0. The highest BCUT2D eigenvalue weighted by Crippen LogP contribution is 2.23. The number of methoxy groups -OCH3 is 2. The van der Waals surface area contributed by atoms with E-state index in [1.807, 2.05) is 0 Å². The average Bonchev–Trinajstić information content (AvgIpc) is 2.49. The van der Waals surface area contributed by atoms with Crippen molar-refractivity contribution in [3.63, 3.8) is 0 Å². The SMILES string of the molecule is COc1ccc(OC)c(CNC(=O)CNC(=O)CN)c1.Cl. The Morgan fingerprint density at radius 1 is 1.14 bits per heavy atom. The van der Waals surface area contributed by atoms with Crippen LogP contribution in [0.25, 0.3) is 0 Å². The van der Waals surface area contributed by atoms with E-state index in [9.17, 15) is 9.59 Å². The van der Waals surface area contributed by atoms with E-state index >= 15 is 0 Å². The van der Waals surface area contributed by atoms with Gasteiger partial charge in [-0.15, -0.1) is 12.4 Å². The predicted octanol–water partition coefficient (Wildman–Crippen LogP) is -0.183. The zero-order valence-electron chi connectivity index (χ0n) is 12.0. The van der Waals surface area contributed by atoms with Crippen LogP contribution in [-0.2, 0) is 16.1 Å². The topological polar surface area (TPSA) is 103 Å². The molecule has 21 heavy (non-hydrogen) atoms. The minimum Gasteiger partial charge on any atom is -0.497 e. The number of nitrogens with two attached hydrogens (primary N) is 1. The van der Waals surface area contributed by atoms with Gasteiger partial charge in [0.15, 0.2) is 0 Å². The second kappa shape index (κ2) is 9.84. The molecule has 0 spiro atoms. The molecule has 0 saturated carbocycles. The quantitative estimate of drug-likeness (QED) is 0.647. The molecule has 0 radical (unpaired) electrons. The molecule has 7 nitrogen and oxygen atoms in total. The molecule has 0 fully saturated rings. The molecule has 4 N–H and O–H groups in total. The van der Waals surface area contributed by atoms with Gasteiger partial charge in [0.25, 0.3) is 0 Å². The highest BCUT2D eigenvalue weighted by molar-refractivity contribution is 5.85. The van der Waals surface area contributed by atoms with Crippen LogP contribution in [0.5, 0.6) is 11.5 Å². The fourth-order valence-corrected chi connectivity index (χ4v) is 1.53. The summed E-state index contributed by atoms with van der Waals surface area (Å²) in [6.45, 7) is 0.0248. The molecule has 1 aromatic carbocycles. The smallest absolute Gasteiger partial charge is 0.239 e. The number of rotatable bonds is 7. The number of hydrogen-bond acceptors (Lipinski definition) is 5. The highest BCUT2D eigenvalue weighted by atomic mass is 35.5. The van der Waals surface area contributed by atoms with E-state index in [1.165, 1.54) is 0 Å². The van der Waals surface area contributed by atoms with Crippen molar-refractivity contribution in [1.29, 1.82) is 0 Å².